The maximum Gasteiger partial charge on any atom is 0.184 e. The molecular formula is C11H14N4S. The molecule has 0 bridgehead atoms. The third-order valence-corrected chi connectivity index (χ3v) is 4.59. The van der Waals surface area contributed by atoms with Gasteiger partial charge in [0.25, 0.3) is 0 Å². The molecule has 1 aliphatic rings. The van der Waals surface area contributed by atoms with Gasteiger partial charge in [0.1, 0.15) is 6.33 Å². The lowest BCUT2D eigenvalue weighted by atomic mass is 9.83. The van der Waals surface area contributed by atoms with Crippen LogP contribution in [0.15, 0.2) is 6.33 Å². The summed E-state index contributed by atoms with van der Waals surface area (Å²) in [6.07, 6.45) is 3.96. The van der Waals surface area contributed by atoms with Gasteiger partial charge in [-0.2, -0.15) is 5.10 Å². The molecule has 0 aliphatic heterocycles. The molecule has 2 atom stereocenters. The summed E-state index contributed by atoms with van der Waals surface area (Å²) in [5.74, 6) is 2.09. The number of rotatable bonds is 1. The summed E-state index contributed by atoms with van der Waals surface area (Å²) in [7, 11) is 0. The normalized spacial score (nSPS) is 24.4. The molecule has 16 heavy (non-hydrogen) atoms. The number of thiazole rings is 1. The average Bonchev–Trinajstić information content (AvgIpc) is 2.91. The Balaban J connectivity index is 2.04. The number of aromatic amines is 1. The topological polar surface area (TPSA) is 54.5 Å². The molecule has 2 aromatic heterocycles. The number of H-pyrrole nitrogens is 1. The molecule has 0 amide bonds. The van der Waals surface area contributed by atoms with Gasteiger partial charge in [0.05, 0.1) is 5.69 Å². The first-order valence-corrected chi connectivity index (χ1v) is 6.42. The molecule has 1 aliphatic carbocycles. The van der Waals surface area contributed by atoms with Gasteiger partial charge in [-0.15, -0.1) is 11.3 Å². The molecular weight excluding hydrogens is 220 g/mol. The minimum atomic E-state index is 0.566. The number of aryl methyl sites for hydroxylation is 1. The number of fused-ring (bicyclic) bond motifs is 1. The average molecular weight is 234 g/mol. The van der Waals surface area contributed by atoms with E-state index in [1.165, 1.54) is 23.3 Å². The summed E-state index contributed by atoms with van der Waals surface area (Å²) in [5.41, 5.74) is 1.27. The zero-order valence-corrected chi connectivity index (χ0v) is 10.2. The molecule has 3 rings (SSSR count). The van der Waals surface area contributed by atoms with E-state index in [1.54, 1.807) is 11.3 Å². The third kappa shape index (κ3) is 1.46. The Kier molecular flexibility index (Phi) is 2.28. The van der Waals surface area contributed by atoms with E-state index < -0.39 is 0 Å². The molecule has 5 heteroatoms. The zero-order chi connectivity index (χ0) is 11.1. The van der Waals surface area contributed by atoms with Gasteiger partial charge in [-0.05, 0) is 18.8 Å². The number of nitrogens with one attached hydrogen (secondary N) is 1. The molecule has 1 N–H and O–H groups in total. The van der Waals surface area contributed by atoms with Gasteiger partial charge in [-0.1, -0.05) is 13.8 Å². The van der Waals surface area contributed by atoms with Crippen molar-refractivity contribution in [2.75, 3.05) is 0 Å². The second-order valence-electron chi connectivity index (χ2n) is 4.47. The number of hydrogen-bond donors (Lipinski definition) is 1. The summed E-state index contributed by atoms with van der Waals surface area (Å²) >= 11 is 1.75. The minimum absolute atomic E-state index is 0.566. The van der Waals surface area contributed by atoms with E-state index in [1.807, 2.05) is 0 Å². The first-order valence-electron chi connectivity index (χ1n) is 5.61. The van der Waals surface area contributed by atoms with Gasteiger partial charge in [0.15, 0.2) is 10.8 Å². The third-order valence-electron chi connectivity index (χ3n) is 3.46. The van der Waals surface area contributed by atoms with Crippen LogP contribution in [0.4, 0.5) is 0 Å². The Labute approximate surface area is 98.1 Å². The fourth-order valence-electron chi connectivity index (χ4n) is 2.19. The second-order valence-corrected chi connectivity index (χ2v) is 5.55. The van der Waals surface area contributed by atoms with Gasteiger partial charge in [0.2, 0.25) is 0 Å². The quantitative estimate of drug-likeness (QED) is 0.825. The van der Waals surface area contributed by atoms with E-state index >= 15 is 0 Å². The van der Waals surface area contributed by atoms with Gasteiger partial charge in [-0.25, -0.2) is 9.97 Å². The Bertz CT molecular complexity index is 488. The molecule has 84 valence electrons. The van der Waals surface area contributed by atoms with E-state index in [2.05, 4.69) is 29.0 Å². The van der Waals surface area contributed by atoms with Crippen LogP contribution in [0.25, 0.3) is 10.8 Å². The SMILES string of the molecule is CC1CCc2sc(-c3ncn[nH]3)nc2C1C. The highest BCUT2D eigenvalue weighted by molar-refractivity contribution is 7.15. The Morgan fingerprint density at radius 2 is 2.31 bits per heavy atom. The molecule has 0 aromatic carbocycles. The molecule has 0 saturated heterocycles. The van der Waals surface area contributed by atoms with E-state index in [9.17, 15) is 0 Å². The molecule has 0 radical (unpaired) electrons. The van der Waals surface area contributed by atoms with Crippen LogP contribution < -0.4 is 0 Å². The highest BCUT2D eigenvalue weighted by Gasteiger charge is 2.27. The molecule has 0 fully saturated rings. The largest absolute Gasteiger partial charge is 0.257 e. The first kappa shape index (κ1) is 9.96. The van der Waals surface area contributed by atoms with Crippen molar-refractivity contribution in [2.24, 2.45) is 5.92 Å². The van der Waals surface area contributed by atoms with Crippen molar-refractivity contribution in [1.82, 2.24) is 20.2 Å². The van der Waals surface area contributed by atoms with Crippen molar-refractivity contribution in [3.05, 3.63) is 16.9 Å². The van der Waals surface area contributed by atoms with Crippen molar-refractivity contribution in [2.45, 2.75) is 32.6 Å². The fourth-order valence-corrected chi connectivity index (χ4v) is 3.31. The molecule has 2 heterocycles. The van der Waals surface area contributed by atoms with Crippen LogP contribution in [-0.4, -0.2) is 20.2 Å². The summed E-state index contributed by atoms with van der Waals surface area (Å²) in [5, 5.41) is 7.72. The van der Waals surface area contributed by atoms with Crippen molar-refractivity contribution in [3.8, 4) is 10.8 Å². The van der Waals surface area contributed by atoms with Crippen molar-refractivity contribution in [1.29, 1.82) is 0 Å². The monoisotopic (exact) mass is 234 g/mol. The fraction of sp³-hybridized carbons (Fsp3) is 0.545. The molecule has 2 unspecified atom stereocenters. The number of nitrogens with zero attached hydrogens (tertiary/aromatic N) is 3. The van der Waals surface area contributed by atoms with Crippen LogP contribution in [0, 0.1) is 5.92 Å². The minimum Gasteiger partial charge on any atom is -0.257 e. The van der Waals surface area contributed by atoms with Crippen molar-refractivity contribution in [3.63, 3.8) is 0 Å². The molecule has 0 spiro atoms. The van der Waals surface area contributed by atoms with Gasteiger partial charge in [0, 0.05) is 10.8 Å². The molecule has 2 aromatic rings. The highest BCUT2D eigenvalue weighted by Crippen LogP contribution is 2.39. The Hall–Kier alpha value is -1.23. The van der Waals surface area contributed by atoms with Crippen LogP contribution in [0.5, 0.6) is 0 Å². The van der Waals surface area contributed by atoms with Crippen LogP contribution >= 0.6 is 11.3 Å². The van der Waals surface area contributed by atoms with Crippen molar-refractivity contribution >= 4 is 11.3 Å². The van der Waals surface area contributed by atoms with Gasteiger partial charge >= 0.3 is 0 Å². The maximum atomic E-state index is 4.71. The highest BCUT2D eigenvalue weighted by atomic mass is 32.1. The van der Waals surface area contributed by atoms with Gasteiger partial charge in [-0.3, -0.25) is 5.10 Å². The summed E-state index contributed by atoms with van der Waals surface area (Å²) in [6.45, 7) is 4.58. The predicted octanol–water partition coefficient (Wildman–Crippen LogP) is 2.61. The van der Waals surface area contributed by atoms with Crippen LogP contribution in [-0.2, 0) is 6.42 Å². The maximum absolute atomic E-state index is 4.71. The zero-order valence-electron chi connectivity index (χ0n) is 9.40. The number of aromatic nitrogens is 4. The van der Waals surface area contributed by atoms with Crippen LogP contribution in [0.1, 0.15) is 36.8 Å². The van der Waals surface area contributed by atoms with E-state index in [0.717, 1.165) is 23.2 Å². The van der Waals surface area contributed by atoms with E-state index in [4.69, 9.17) is 4.98 Å². The Morgan fingerprint density at radius 1 is 1.44 bits per heavy atom. The van der Waals surface area contributed by atoms with Crippen LogP contribution in [0.2, 0.25) is 0 Å². The van der Waals surface area contributed by atoms with Crippen LogP contribution in [0.3, 0.4) is 0 Å². The number of hydrogen-bond acceptors (Lipinski definition) is 4. The lowest BCUT2D eigenvalue weighted by Gasteiger charge is -2.24. The van der Waals surface area contributed by atoms with E-state index in [-0.39, 0.29) is 0 Å². The summed E-state index contributed by atoms with van der Waals surface area (Å²) < 4.78 is 0. The summed E-state index contributed by atoms with van der Waals surface area (Å²) in [6, 6.07) is 0. The summed E-state index contributed by atoms with van der Waals surface area (Å²) in [4.78, 5) is 10.3. The standard InChI is InChI=1S/C11H14N4S/c1-6-3-4-8-9(7(6)2)14-11(16-8)10-12-5-13-15-10/h5-7H,3-4H2,1-2H3,(H,12,13,15). The lowest BCUT2D eigenvalue weighted by molar-refractivity contribution is 0.422. The predicted molar refractivity (Wildman–Crippen MR) is 63.4 cm³/mol. The van der Waals surface area contributed by atoms with Crippen molar-refractivity contribution < 1.29 is 0 Å². The van der Waals surface area contributed by atoms with E-state index in [0.29, 0.717) is 5.92 Å². The van der Waals surface area contributed by atoms with Gasteiger partial charge < -0.3 is 0 Å². The first-order chi connectivity index (χ1) is 7.75. The second kappa shape index (κ2) is 3.66. The lowest BCUT2D eigenvalue weighted by Crippen LogP contribution is -2.14. The molecule has 0 saturated carbocycles. The Morgan fingerprint density at radius 3 is 3.06 bits per heavy atom. The molecule has 4 nitrogen and oxygen atoms in total. The smallest absolute Gasteiger partial charge is 0.184 e.